The number of hydrogen-bond acceptors (Lipinski definition) is 5. The van der Waals surface area contributed by atoms with Gasteiger partial charge in [-0.05, 0) is 37.9 Å². The molecule has 6 nitrogen and oxygen atoms in total. The first-order valence-corrected chi connectivity index (χ1v) is 6.67. The standard InChI is InChI=1S/C14H20N2O4/c1-14(17)6-3-7-15(10-14)9-11-4-5-13(20-2)12(8-11)16(18)19/h4-5,8,17H,3,6-7,9-10H2,1-2H3. The Bertz CT molecular complexity index is 502. The van der Waals surface area contributed by atoms with Crippen molar-refractivity contribution in [2.45, 2.75) is 31.9 Å². The molecule has 2 rings (SSSR count). The summed E-state index contributed by atoms with van der Waals surface area (Å²) in [6, 6.07) is 4.99. The summed E-state index contributed by atoms with van der Waals surface area (Å²) in [6.45, 7) is 3.92. The van der Waals surface area contributed by atoms with Crippen molar-refractivity contribution in [3.05, 3.63) is 33.9 Å². The Kier molecular flexibility index (Phi) is 4.25. The van der Waals surface area contributed by atoms with Crippen molar-refractivity contribution >= 4 is 5.69 Å². The zero-order chi connectivity index (χ0) is 14.8. The summed E-state index contributed by atoms with van der Waals surface area (Å²) >= 11 is 0. The predicted octanol–water partition coefficient (Wildman–Crippen LogP) is 1.95. The largest absolute Gasteiger partial charge is 0.490 e. The van der Waals surface area contributed by atoms with E-state index in [4.69, 9.17) is 4.74 Å². The number of nitro benzene ring substituents is 1. The molecule has 1 atom stereocenters. The highest BCUT2D eigenvalue weighted by molar-refractivity contribution is 5.48. The number of aliphatic hydroxyl groups is 1. The van der Waals surface area contributed by atoms with Gasteiger partial charge in [0.1, 0.15) is 0 Å². The minimum atomic E-state index is -0.670. The molecule has 1 fully saturated rings. The summed E-state index contributed by atoms with van der Waals surface area (Å²) in [7, 11) is 1.42. The average molecular weight is 280 g/mol. The van der Waals surface area contributed by atoms with Crippen LogP contribution in [0.2, 0.25) is 0 Å². The summed E-state index contributed by atoms with van der Waals surface area (Å²) in [5, 5.41) is 21.1. The molecular weight excluding hydrogens is 260 g/mol. The molecule has 0 aliphatic carbocycles. The molecule has 1 aromatic rings. The van der Waals surface area contributed by atoms with Gasteiger partial charge < -0.3 is 9.84 Å². The first-order valence-electron chi connectivity index (χ1n) is 6.67. The van der Waals surface area contributed by atoms with Gasteiger partial charge in [0.25, 0.3) is 0 Å². The van der Waals surface area contributed by atoms with Gasteiger partial charge in [-0.2, -0.15) is 0 Å². The number of ether oxygens (including phenoxy) is 1. The Balaban J connectivity index is 2.13. The van der Waals surface area contributed by atoms with E-state index in [2.05, 4.69) is 4.90 Å². The topological polar surface area (TPSA) is 75.8 Å². The molecule has 0 aromatic heterocycles. The maximum Gasteiger partial charge on any atom is 0.311 e. The third-order valence-electron chi connectivity index (χ3n) is 3.60. The second-order valence-electron chi connectivity index (χ2n) is 5.57. The lowest BCUT2D eigenvalue weighted by Gasteiger charge is -2.36. The molecule has 1 unspecified atom stereocenters. The Morgan fingerprint density at radius 2 is 2.30 bits per heavy atom. The van der Waals surface area contributed by atoms with Gasteiger partial charge in [0.15, 0.2) is 5.75 Å². The van der Waals surface area contributed by atoms with Crippen molar-refractivity contribution in [2.75, 3.05) is 20.2 Å². The van der Waals surface area contributed by atoms with Crippen LogP contribution in [0.25, 0.3) is 0 Å². The van der Waals surface area contributed by atoms with Crippen LogP contribution in [0.5, 0.6) is 5.75 Å². The lowest BCUT2D eigenvalue weighted by Crippen LogP contribution is -2.45. The van der Waals surface area contributed by atoms with Crippen molar-refractivity contribution in [1.29, 1.82) is 0 Å². The number of benzene rings is 1. The highest BCUT2D eigenvalue weighted by atomic mass is 16.6. The van der Waals surface area contributed by atoms with Crippen LogP contribution < -0.4 is 4.74 Å². The Hall–Kier alpha value is -1.66. The fourth-order valence-corrected chi connectivity index (χ4v) is 2.69. The Morgan fingerprint density at radius 3 is 2.90 bits per heavy atom. The van der Waals surface area contributed by atoms with Crippen LogP contribution in [0.4, 0.5) is 5.69 Å². The second kappa shape index (κ2) is 5.76. The molecule has 1 aliphatic heterocycles. The molecular formula is C14H20N2O4. The number of piperidine rings is 1. The van der Waals surface area contributed by atoms with Gasteiger partial charge in [0, 0.05) is 19.2 Å². The summed E-state index contributed by atoms with van der Waals surface area (Å²) in [5.74, 6) is 0.268. The minimum absolute atomic E-state index is 0.0197. The zero-order valence-corrected chi connectivity index (χ0v) is 11.8. The maximum absolute atomic E-state index is 11.0. The van der Waals surface area contributed by atoms with E-state index < -0.39 is 10.5 Å². The smallest absolute Gasteiger partial charge is 0.311 e. The number of nitrogens with zero attached hydrogens (tertiary/aromatic N) is 2. The van der Waals surface area contributed by atoms with Gasteiger partial charge in [0.2, 0.25) is 0 Å². The highest BCUT2D eigenvalue weighted by Gasteiger charge is 2.28. The third kappa shape index (κ3) is 3.46. The van der Waals surface area contributed by atoms with Gasteiger partial charge in [-0.1, -0.05) is 6.07 Å². The van der Waals surface area contributed by atoms with Crippen LogP contribution >= 0.6 is 0 Å². The lowest BCUT2D eigenvalue weighted by atomic mass is 9.95. The fourth-order valence-electron chi connectivity index (χ4n) is 2.69. The summed E-state index contributed by atoms with van der Waals surface area (Å²) < 4.78 is 4.99. The molecule has 1 saturated heterocycles. The van der Waals surface area contributed by atoms with E-state index in [1.54, 1.807) is 12.1 Å². The summed E-state index contributed by atoms with van der Waals surface area (Å²) in [4.78, 5) is 12.7. The predicted molar refractivity (Wildman–Crippen MR) is 74.8 cm³/mol. The van der Waals surface area contributed by atoms with E-state index in [9.17, 15) is 15.2 Å². The maximum atomic E-state index is 11.0. The molecule has 6 heteroatoms. The Labute approximate surface area is 118 Å². The van der Waals surface area contributed by atoms with Crippen molar-refractivity contribution in [3.8, 4) is 5.75 Å². The van der Waals surface area contributed by atoms with E-state index in [0.29, 0.717) is 13.1 Å². The van der Waals surface area contributed by atoms with Crippen molar-refractivity contribution in [2.24, 2.45) is 0 Å². The molecule has 1 N–H and O–H groups in total. The van der Waals surface area contributed by atoms with E-state index >= 15 is 0 Å². The van der Waals surface area contributed by atoms with Crippen molar-refractivity contribution in [3.63, 3.8) is 0 Å². The molecule has 1 heterocycles. The van der Waals surface area contributed by atoms with E-state index in [1.165, 1.54) is 7.11 Å². The minimum Gasteiger partial charge on any atom is -0.490 e. The number of rotatable bonds is 4. The number of nitro groups is 1. The molecule has 20 heavy (non-hydrogen) atoms. The van der Waals surface area contributed by atoms with E-state index in [1.807, 2.05) is 13.0 Å². The lowest BCUT2D eigenvalue weighted by molar-refractivity contribution is -0.385. The first kappa shape index (κ1) is 14.7. The fraction of sp³-hybridized carbons (Fsp3) is 0.571. The van der Waals surface area contributed by atoms with Crippen LogP contribution in [0, 0.1) is 10.1 Å². The van der Waals surface area contributed by atoms with Gasteiger partial charge in [0.05, 0.1) is 17.6 Å². The number of methoxy groups -OCH3 is 1. The SMILES string of the molecule is COc1ccc(CN2CCCC(C)(O)C2)cc1[N+](=O)[O-]. The summed E-state index contributed by atoms with van der Waals surface area (Å²) in [5.41, 5.74) is 0.167. The quantitative estimate of drug-likeness (QED) is 0.674. The third-order valence-corrected chi connectivity index (χ3v) is 3.60. The first-order chi connectivity index (χ1) is 9.41. The molecule has 110 valence electrons. The van der Waals surface area contributed by atoms with Crippen LogP contribution in [-0.4, -0.2) is 40.7 Å². The molecule has 1 aromatic carbocycles. The molecule has 0 saturated carbocycles. The number of hydrogen-bond donors (Lipinski definition) is 1. The normalized spacial score (nSPS) is 23.6. The van der Waals surface area contributed by atoms with Gasteiger partial charge in [-0.15, -0.1) is 0 Å². The zero-order valence-electron chi connectivity index (χ0n) is 11.8. The molecule has 0 amide bonds. The second-order valence-corrected chi connectivity index (χ2v) is 5.57. The van der Waals surface area contributed by atoms with Crippen molar-refractivity contribution in [1.82, 2.24) is 4.90 Å². The average Bonchev–Trinajstić information content (AvgIpc) is 2.37. The van der Waals surface area contributed by atoms with E-state index in [-0.39, 0.29) is 11.4 Å². The highest BCUT2D eigenvalue weighted by Crippen LogP contribution is 2.29. The van der Waals surface area contributed by atoms with Crippen LogP contribution in [0.15, 0.2) is 18.2 Å². The van der Waals surface area contributed by atoms with Gasteiger partial charge >= 0.3 is 5.69 Å². The molecule has 0 bridgehead atoms. The van der Waals surface area contributed by atoms with Crippen molar-refractivity contribution < 1.29 is 14.8 Å². The Morgan fingerprint density at radius 1 is 1.55 bits per heavy atom. The number of β-amino-alcohol motifs (C(OH)–C–C–N with tert-alkyl or cyclic N) is 1. The molecule has 1 aliphatic rings. The summed E-state index contributed by atoms with van der Waals surface area (Å²) in [6.07, 6.45) is 1.73. The van der Waals surface area contributed by atoms with Gasteiger partial charge in [-0.25, -0.2) is 0 Å². The molecule has 0 spiro atoms. The van der Waals surface area contributed by atoms with Gasteiger partial charge in [-0.3, -0.25) is 15.0 Å². The van der Waals surface area contributed by atoms with Crippen LogP contribution in [0.3, 0.4) is 0 Å². The molecule has 0 radical (unpaired) electrons. The van der Waals surface area contributed by atoms with Crippen LogP contribution in [-0.2, 0) is 6.54 Å². The van der Waals surface area contributed by atoms with Crippen LogP contribution in [0.1, 0.15) is 25.3 Å². The number of likely N-dealkylation sites (tertiary alicyclic amines) is 1. The van der Waals surface area contributed by atoms with E-state index in [0.717, 1.165) is 24.9 Å². The monoisotopic (exact) mass is 280 g/mol.